The number of benzene rings is 1. The van der Waals surface area contributed by atoms with Crippen LogP contribution in [0.25, 0.3) is 0 Å². The number of aromatic hydroxyl groups is 1. The molecular formula is C14H23NO. The number of phenols is 1. The van der Waals surface area contributed by atoms with E-state index in [0.717, 1.165) is 30.0 Å². The van der Waals surface area contributed by atoms with Crippen LogP contribution in [0.2, 0.25) is 0 Å². The van der Waals surface area contributed by atoms with Gasteiger partial charge < -0.3 is 10.8 Å². The van der Waals surface area contributed by atoms with Gasteiger partial charge in [0.25, 0.3) is 0 Å². The molecule has 0 saturated carbocycles. The summed E-state index contributed by atoms with van der Waals surface area (Å²) in [5.41, 5.74) is 7.39. The molecule has 0 spiro atoms. The molecule has 0 aliphatic heterocycles. The first-order valence-corrected chi connectivity index (χ1v) is 6.17. The van der Waals surface area contributed by atoms with Gasteiger partial charge in [-0.15, -0.1) is 0 Å². The van der Waals surface area contributed by atoms with E-state index >= 15 is 0 Å². The minimum atomic E-state index is 0.373. The highest BCUT2D eigenvalue weighted by Crippen LogP contribution is 2.22. The van der Waals surface area contributed by atoms with Gasteiger partial charge in [-0.05, 0) is 42.5 Å². The highest BCUT2D eigenvalue weighted by atomic mass is 16.3. The number of anilines is 1. The molecule has 0 heterocycles. The van der Waals surface area contributed by atoms with Crippen LogP contribution in [-0.4, -0.2) is 5.11 Å². The van der Waals surface area contributed by atoms with E-state index in [1.807, 2.05) is 6.07 Å². The lowest BCUT2D eigenvalue weighted by molar-refractivity contribution is 0.465. The molecule has 0 saturated heterocycles. The van der Waals surface area contributed by atoms with E-state index in [2.05, 4.69) is 13.8 Å². The molecule has 90 valence electrons. The van der Waals surface area contributed by atoms with Crippen molar-refractivity contribution < 1.29 is 5.11 Å². The number of nitrogen functional groups attached to an aromatic ring is 1. The highest BCUT2D eigenvalue weighted by molar-refractivity contribution is 5.47. The summed E-state index contributed by atoms with van der Waals surface area (Å²) in [6.45, 7) is 4.51. The minimum absolute atomic E-state index is 0.373. The molecule has 1 rings (SSSR count). The van der Waals surface area contributed by atoms with Crippen molar-refractivity contribution >= 4 is 5.69 Å². The molecule has 0 aliphatic carbocycles. The quantitative estimate of drug-likeness (QED) is 0.437. The van der Waals surface area contributed by atoms with Crippen molar-refractivity contribution in [3.05, 3.63) is 23.8 Å². The normalized spacial score (nSPS) is 10.9. The summed E-state index contributed by atoms with van der Waals surface area (Å²) >= 11 is 0. The van der Waals surface area contributed by atoms with Gasteiger partial charge in [0.2, 0.25) is 0 Å². The van der Waals surface area contributed by atoms with Crippen molar-refractivity contribution in [2.24, 2.45) is 5.92 Å². The average Bonchev–Trinajstić information content (AvgIpc) is 2.22. The fraction of sp³-hybridized carbons (Fsp3) is 0.571. The third kappa shape index (κ3) is 4.56. The first-order valence-electron chi connectivity index (χ1n) is 6.17. The molecular weight excluding hydrogens is 198 g/mol. The van der Waals surface area contributed by atoms with Crippen LogP contribution in [0, 0.1) is 5.92 Å². The van der Waals surface area contributed by atoms with Crippen molar-refractivity contribution in [3.8, 4) is 5.75 Å². The van der Waals surface area contributed by atoms with Crippen molar-refractivity contribution in [1.82, 2.24) is 0 Å². The van der Waals surface area contributed by atoms with E-state index in [1.165, 1.54) is 19.3 Å². The van der Waals surface area contributed by atoms with E-state index in [4.69, 9.17) is 5.73 Å². The van der Waals surface area contributed by atoms with Gasteiger partial charge in [0.1, 0.15) is 5.75 Å². The predicted octanol–water partition coefficient (Wildman–Crippen LogP) is 3.73. The average molecular weight is 221 g/mol. The van der Waals surface area contributed by atoms with Crippen LogP contribution in [0.5, 0.6) is 5.75 Å². The summed E-state index contributed by atoms with van der Waals surface area (Å²) in [7, 11) is 0. The molecule has 0 fully saturated rings. The lowest BCUT2D eigenvalue weighted by Crippen LogP contribution is -1.92. The third-order valence-corrected chi connectivity index (χ3v) is 2.83. The zero-order valence-corrected chi connectivity index (χ0v) is 10.4. The van der Waals surface area contributed by atoms with E-state index in [1.54, 1.807) is 12.1 Å². The molecule has 2 heteroatoms. The first kappa shape index (κ1) is 12.9. The fourth-order valence-electron chi connectivity index (χ4n) is 1.85. The Morgan fingerprint density at radius 3 is 2.62 bits per heavy atom. The molecule has 1 aromatic rings. The van der Waals surface area contributed by atoms with Crippen LogP contribution in [0.1, 0.15) is 45.1 Å². The van der Waals surface area contributed by atoms with Crippen LogP contribution in [0.3, 0.4) is 0 Å². The second-order valence-electron chi connectivity index (χ2n) is 4.88. The number of rotatable bonds is 6. The monoisotopic (exact) mass is 221 g/mol. The summed E-state index contributed by atoms with van der Waals surface area (Å²) in [4.78, 5) is 0. The zero-order valence-electron chi connectivity index (χ0n) is 10.4. The Labute approximate surface area is 98.5 Å². The van der Waals surface area contributed by atoms with E-state index in [9.17, 15) is 5.11 Å². The molecule has 1 aromatic carbocycles. The molecule has 0 atom stereocenters. The van der Waals surface area contributed by atoms with Gasteiger partial charge >= 0.3 is 0 Å². The maximum Gasteiger partial charge on any atom is 0.118 e. The fourth-order valence-corrected chi connectivity index (χ4v) is 1.85. The van der Waals surface area contributed by atoms with Gasteiger partial charge in [0.05, 0.1) is 0 Å². The van der Waals surface area contributed by atoms with Gasteiger partial charge in [-0.3, -0.25) is 0 Å². The minimum Gasteiger partial charge on any atom is -0.508 e. The molecule has 0 radical (unpaired) electrons. The van der Waals surface area contributed by atoms with Gasteiger partial charge in [-0.25, -0.2) is 0 Å². The summed E-state index contributed by atoms with van der Waals surface area (Å²) in [5, 5.41) is 9.62. The van der Waals surface area contributed by atoms with E-state index in [0.29, 0.717) is 5.75 Å². The topological polar surface area (TPSA) is 46.2 Å². The Morgan fingerprint density at radius 2 is 1.94 bits per heavy atom. The summed E-state index contributed by atoms with van der Waals surface area (Å²) in [6.07, 6.45) is 5.86. The Kier molecular flexibility index (Phi) is 5.17. The highest BCUT2D eigenvalue weighted by Gasteiger charge is 2.01. The maximum atomic E-state index is 9.62. The number of unbranched alkanes of at least 4 members (excludes halogenated alkanes) is 2. The predicted molar refractivity (Wildman–Crippen MR) is 69.5 cm³/mol. The van der Waals surface area contributed by atoms with Gasteiger partial charge in [0.15, 0.2) is 0 Å². The van der Waals surface area contributed by atoms with E-state index in [-0.39, 0.29) is 0 Å². The smallest absolute Gasteiger partial charge is 0.118 e. The van der Waals surface area contributed by atoms with Gasteiger partial charge in [-0.1, -0.05) is 33.1 Å². The van der Waals surface area contributed by atoms with Crippen LogP contribution in [-0.2, 0) is 6.42 Å². The second kappa shape index (κ2) is 6.41. The lowest BCUT2D eigenvalue weighted by atomic mass is 10.0. The van der Waals surface area contributed by atoms with Crippen molar-refractivity contribution in [1.29, 1.82) is 0 Å². The first-order chi connectivity index (χ1) is 7.59. The Balaban J connectivity index is 2.29. The van der Waals surface area contributed by atoms with Crippen LogP contribution in [0.4, 0.5) is 5.69 Å². The summed E-state index contributed by atoms with van der Waals surface area (Å²) in [5.74, 6) is 1.17. The molecule has 3 N–H and O–H groups in total. The standard InChI is InChI=1S/C14H23NO/c1-11(2)6-4-3-5-7-12-10-13(15)8-9-14(12)16/h8-11,16H,3-7,15H2,1-2H3. The molecule has 0 unspecified atom stereocenters. The summed E-state index contributed by atoms with van der Waals surface area (Å²) in [6, 6.07) is 5.29. The van der Waals surface area contributed by atoms with Crippen molar-refractivity contribution in [3.63, 3.8) is 0 Å². The second-order valence-corrected chi connectivity index (χ2v) is 4.88. The zero-order chi connectivity index (χ0) is 12.0. The number of phenolic OH excluding ortho intramolecular Hbond substituents is 1. The Morgan fingerprint density at radius 1 is 1.19 bits per heavy atom. The third-order valence-electron chi connectivity index (χ3n) is 2.83. The van der Waals surface area contributed by atoms with Crippen molar-refractivity contribution in [2.45, 2.75) is 46.0 Å². The number of hydrogen-bond donors (Lipinski definition) is 2. The molecule has 2 nitrogen and oxygen atoms in total. The number of aryl methyl sites for hydroxylation is 1. The van der Waals surface area contributed by atoms with E-state index < -0.39 is 0 Å². The number of nitrogens with two attached hydrogens (primary N) is 1. The molecule has 16 heavy (non-hydrogen) atoms. The van der Waals surface area contributed by atoms with Crippen LogP contribution in [0.15, 0.2) is 18.2 Å². The lowest BCUT2D eigenvalue weighted by Gasteiger charge is -2.06. The molecule has 0 amide bonds. The van der Waals surface area contributed by atoms with Crippen LogP contribution < -0.4 is 5.73 Å². The van der Waals surface area contributed by atoms with Crippen molar-refractivity contribution in [2.75, 3.05) is 5.73 Å². The number of hydrogen-bond acceptors (Lipinski definition) is 2. The Bertz CT molecular complexity index is 321. The molecule has 0 bridgehead atoms. The summed E-state index contributed by atoms with van der Waals surface area (Å²) < 4.78 is 0. The Hall–Kier alpha value is -1.18. The van der Waals surface area contributed by atoms with Gasteiger partial charge in [-0.2, -0.15) is 0 Å². The largest absolute Gasteiger partial charge is 0.508 e. The molecule has 0 aliphatic rings. The van der Waals surface area contributed by atoms with Crippen LogP contribution >= 0.6 is 0 Å². The SMILES string of the molecule is CC(C)CCCCCc1cc(N)ccc1O. The maximum absolute atomic E-state index is 9.62. The van der Waals surface area contributed by atoms with Gasteiger partial charge in [0, 0.05) is 5.69 Å². The molecule has 0 aromatic heterocycles.